The van der Waals surface area contributed by atoms with Gasteiger partial charge in [-0.3, -0.25) is 0 Å². The lowest BCUT2D eigenvalue weighted by molar-refractivity contribution is 0.144. The molecule has 0 aliphatic heterocycles. The average Bonchev–Trinajstić information content (AvgIpc) is 2.29. The van der Waals surface area contributed by atoms with Crippen LogP contribution in [-0.2, 0) is 4.74 Å². The first kappa shape index (κ1) is 5.20. The van der Waals surface area contributed by atoms with Gasteiger partial charge in [-0.2, -0.15) is 5.26 Å². The maximum atomic E-state index is 8.54. The van der Waals surface area contributed by atoms with Crippen LogP contribution in [0.2, 0.25) is 0 Å². The molecular weight excluding hydrogens is 168 g/mol. The fourth-order valence-electron chi connectivity index (χ4n) is 0.622. The molecule has 13 heavy (non-hydrogen) atoms. The number of nitriles is 1. The van der Waals surface area contributed by atoms with Gasteiger partial charge in [-0.15, -0.1) is 0 Å². The van der Waals surface area contributed by atoms with Crippen LogP contribution in [0, 0.1) is 11.3 Å². The van der Waals surface area contributed by atoms with E-state index in [2.05, 4.69) is 9.72 Å². The van der Waals surface area contributed by atoms with Crippen LogP contribution in [0.25, 0.3) is 0 Å². The summed E-state index contributed by atoms with van der Waals surface area (Å²) in [7, 11) is 1.04. The SMILES string of the molecule is [2H]C([2H])(OC)C([2H])([2H])Oc1ccc(C#N)cn1. The molecule has 4 nitrogen and oxygen atoms in total. The molecule has 1 aromatic rings. The molecule has 0 unspecified atom stereocenters. The zero-order chi connectivity index (χ0) is 13.1. The Kier molecular flexibility index (Phi) is 2.05. The van der Waals surface area contributed by atoms with Gasteiger partial charge in [0, 0.05) is 19.4 Å². The third-order valence-corrected chi connectivity index (χ3v) is 1.16. The molecule has 0 amide bonds. The molecule has 4 heteroatoms. The molecule has 0 aliphatic rings. The van der Waals surface area contributed by atoms with Crippen molar-refractivity contribution in [3.05, 3.63) is 23.9 Å². The molecule has 0 aliphatic carbocycles. The highest BCUT2D eigenvalue weighted by Crippen LogP contribution is 2.05. The maximum Gasteiger partial charge on any atom is 0.213 e. The van der Waals surface area contributed by atoms with Crippen molar-refractivity contribution in [1.29, 1.82) is 5.26 Å². The lowest BCUT2D eigenvalue weighted by atomic mass is 10.3. The predicted molar refractivity (Wildman–Crippen MR) is 46.3 cm³/mol. The third kappa shape index (κ3) is 3.09. The summed E-state index contributed by atoms with van der Waals surface area (Å²) in [5.74, 6) is -0.130. The van der Waals surface area contributed by atoms with Crippen LogP contribution in [0.5, 0.6) is 5.88 Å². The number of methoxy groups -OCH3 is 1. The monoisotopic (exact) mass is 182 g/mol. The summed E-state index contributed by atoms with van der Waals surface area (Å²) in [4.78, 5) is 3.68. The summed E-state index contributed by atoms with van der Waals surface area (Å²) >= 11 is 0. The van der Waals surface area contributed by atoms with Gasteiger partial charge in [0.05, 0.1) is 17.6 Å². The fourth-order valence-corrected chi connectivity index (χ4v) is 0.622. The van der Waals surface area contributed by atoms with Crippen LogP contribution in [0.1, 0.15) is 11.0 Å². The van der Waals surface area contributed by atoms with Crippen LogP contribution in [0.3, 0.4) is 0 Å². The van der Waals surface area contributed by atoms with E-state index in [9.17, 15) is 0 Å². The molecule has 0 fully saturated rings. The standard InChI is InChI=1S/C9H10N2O2/c1-12-4-5-13-9-3-2-8(6-10)7-11-9/h2-3,7H,4-5H2,1H3/i4D2,5D2. The molecule has 1 rings (SSSR count). The molecular formula is C9H10N2O2. The van der Waals surface area contributed by atoms with E-state index in [4.69, 9.17) is 15.5 Å². The summed E-state index contributed by atoms with van der Waals surface area (Å²) in [6.07, 6.45) is 1.20. The average molecular weight is 182 g/mol. The number of rotatable bonds is 4. The van der Waals surface area contributed by atoms with E-state index in [1.54, 1.807) is 0 Å². The van der Waals surface area contributed by atoms with E-state index in [-0.39, 0.29) is 5.88 Å². The van der Waals surface area contributed by atoms with E-state index in [0.717, 1.165) is 7.11 Å². The highest BCUT2D eigenvalue weighted by atomic mass is 16.5. The van der Waals surface area contributed by atoms with Crippen LogP contribution < -0.4 is 4.74 Å². The lowest BCUT2D eigenvalue weighted by Gasteiger charge is -2.02. The molecule has 0 spiro atoms. The van der Waals surface area contributed by atoms with Crippen molar-refractivity contribution in [3.8, 4) is 11.9 Å². The minimum atomic E-state index is -2.69. The Bertz CT molecular complexity index is 428. The number of pyridine rings is 1. The molecule has 0 aromatic carbocycles. The van der Waals surface area contributed by atoms with E-state index in [0.29, 0.717) is 5.56 Å². The van der Waals surface area contributed by atoms with E-state index in [1.807, 2.05) is 6.07 Å². The van der Waals surface area contributed by atoms with E-state index >= 15 is 0 Å². The molecule has 1 heterocycles. The number of nitrogens with zero attached hydrogens (tertiary/aromatic N) is 2. The highest BCUT2D eigenvalue weighted by molar-refractivity contribution is 5.28. The van der Waals surface area contributed by atoms with Crippen molar-refractivity contribution >= 4 is 0 Å². The van der Waals surface area contributed by atoms with Crippen molar-refractivity contribution < 1.29 is 15.0 Å². The largest absolute Gasteiger partial charge is 0.475 e. The topological polar surface area (TPSA) is 55.1 Å². The van der Waals surface area contributed by atoms with Gasteiger partial charge in [-0.25, -0.2) is 4.98 Å². The van der Waals surface area contributed by atoms with E-state index < -0.39 is 13.1 Å². The van der Waals surface area contributed by atoms with Crippen molar-refractivity contribution in [2.24, 2.45) is 0 Å². The van der Waals surface area contributed by atoms with E-state index in [1.165, 1.54) is 18.3 Å². The fraction of sp³-hybridized carbons (Fsp3) is 0.333. The molecule has 0 radical (unpaired) electrons. The first-order chi connectivity index (χ1) is 7.82. The highest BCUT2D eigenvalue weighted by Gasteiger charge is 1.94. The molecule has 0 saturated heterocycles. The Morgan fingerprint density at radius 3 is 3.00 bits per heavy atom. The zero-order valence-electron chi connectivity index (χ0n) is 10.9. The normalized spacial score (nSPS) is 16.0. The summed E-state index contributed by atoms with van der Waals surface area (Å²) in [6, 6.07) is 4.52. The lowest BCUT2D eigenvalue weighted by Crippen LogP contribution is -2.05. The quantitative estimate of drug-likeness (QED) is 0.696. The van der Waals surface area contributed by atoms with Gasteiger partial charge in [-0.05, 0) is 6.07 Å². The number of hydrogen-bond donors (Lipinski definition) is 0. The Morgan fingerprint density at radius 2 is 2.46 bits per heavy atom. The predicted octanol–water partition coefficient (Wildman–Crippen LogP) is 0.978. The Morgan fingerprint density at radius 1 is 1.62 bits per heavy atom. The van der Waals surface area contributed by atoms with Crippen LogP contribution in [0.4, 0.5) is 0 Å². The number of aromatic nitrogens is 1. The minimum absolute atomic E-state index is 0.130. The van der Waals surface area contributed by atoms with Gasteiger partial charge in [0.2, 0.25) is 5.88 Å². The van der Waals surface area contributed by atoms with Gasteiger partial charge in [0.25, 0.3) is 0 Å². The van der Waals surface area contributed by atoms with Crippen molar-refractivity contribution in [3.63, 3.8) is 0 Å². The van der Waals surface area contributed by atoms with Gasteiger partial charge >= 0.3 is 0 Å². The van der Waals surface area contributed by atoms with Gasteiger partial charge in [0.15, 0.2) is 0 Å². The van der Waals surface area contributed by atoms with Gasteiger partial charge in [0.1, 0.15) is 12.6 Å². The van der Waals surface area contributed by atoms with Gasteiger partial charge < -0.3 is 9.47 Å². The van der Waals surface area contributed by atoms with Crippen LogP contribution in [0.15, 0.2) is 18.3 Å². The summed E-state index contributed by atoms with van der Waals surface area (Å²) < 4.78 is 38.5. The second-order valence-corrected chi connectivity index (χ2v) is 2.01. The second kappa shape index (κ2) is 5.12. The summed E-state index contributed by atoms with van der Waals surface area (Å²) in [5, 5.41) is 8.54. The number of hydrogen-bond acceptors (Lipinski definition) is 4. The molecule has 0 saturated carbocycles. The van der Waals surface area contributed by atoms with Crippen LogP contribution >= 0.6 is 0 Å². The van der Waals surface area contributed by atoms with Crippen molar-refractivity contribution in [2.75, 3.05) is 20.2 Å². The van der Waals surface area contributed by atoms with Crippen molar-refractivity contribution in [2.45, 2.75) is 0 Å². The first-order valence-corrected chi connectivity index (χ1v) is 3.43. The zero-order valence-corrected chi connectivity index (χ0v) is 6.94. The Labute approximate surface area is 82.4 Å². The third-order valence-electron chi connectivity index (χ3n) is 1.16. The van der Waals surface area contributed by atoms with Gasteiger partial charge in [-0.1, -0.05) is 0 Å². The van der Waals surface area contributed by atoms with Crippen LogP contribution in [-0.4, -0.2) is 25.2 Å². The second-order valence-electron chi connectivity index (χ2n) is 2.01. The molecule has 1 aromatic heterocycles. The minimum Gasteiger partial charge on any atom is -0.475 e. The maximum absolute atomic E-state index is 8.54. The summed E-state index contributed by atoms with van der Waals surface area (Å²) in [6.45, 7) is -5.30. The summed E-state index contributed by atoms with van der Waals surface area (Å²) in [5.41, 5.74) is 0.299. The Hall–Kier alpha value is -1.60. The first-order valence-electron chi connectivity index (χ1n) is 5.43. The molecule has 0 N–H and O–H groups in total. The molecule has 0 atom stereocenters. The Balaban J connectivity index is 2.87. The molecule has 0 bridgehead atoms. The van der Waals surface area contributed by atoms with Crippen molar-refractivity contribution in [1.82, 2.24) is 4.98 Å². The number of ether oxygens (including phenoxy) is 2. The smallest absolute Gasteiger partial charge is 0.213 e. The molecule has 68 valence electrons.